The van der Waals surface area contributed by atoms with E-state index in [1.165, 1.54) is 19.3 Å². The lowest BCUT2D eigenvalue weighted by atomic mass is 10.1. The zero-order valence-corrected chi connectivity index (χ0v) is 15.8. The van der Waals surface area contributed by atoms with Crippen LogP contribution in [0.4, 0.5) is 5.69 Å². The molecular formula is C19H28N2O2S. The van der Waals surface area contributed by atoms with Crippen molar-refractivity contribution < 1.29 is 9.53 Å². The first-order chi connectivity index (χ1) is 11.5. The molecule has 1 aliphatic heterocycles. The number of anilines is 1. The average Bonchev–Trinajstić information content (AvgIpc) is 2.82. The average molecular weight is 349 g/mol. The van der Waals surface area contributed by atoms with Crippen molar-refractivity contribution in [1.82, 2.24) is 4.90 Å². The molecule has 0 bridgehead atoms. The summed E-state index contributed by atoms with van der Waals surface area (Å²) in [5.41, 5.74) is 2.23. The second-order valence-electron chi connectivity index (χ2n) is 6.54. The third-order valence-corrected chi connectivity index (χ3v) is 4.68. The smallest absolute Gasteiger partial charge is 0.271 e. The van der Waals surface area contributed by atoms with E-state index in [0.717, 1.165) is 24.1 Å². The number of benzene rings is 1. The molecule has 1 unspecified atom stereocenters. The maximum absolute atomic E-state index is 12.5. The molecule has 1 aliphatic rings. The van der Waals surface area contributed by atoms with E-state index < -0.39 is 6.10 Å². The van der Waals surface area contributed by atoms with Crippen LogP contribution < -0.4 is 4.90 Å². The van der Waals surface area contributed by atoms with E-state index in [1.807, 2.05) is 26.2 Å². The van der Waals surface area contributed by atoms with Gasteiger partial charge in [0.2, 0.25) is 0 Å². The number of hydrogen-bond acceptors (Lipinski definition) is 4. The summed E-state index contributed by atoms with van der Waals surface area (Å²) in [5, 5.41) is 0.338. The van der Waals surface area contributed by atoms with Gasteiger partial charge in [-0.1, -0.05) is 44.7 Å². The molecule has 1 heterocycles. The zero-order chi connectivity index (χ0) is 17.5. The highest BCUT2D eigenvalue weighted by Gasteiger charge is 2.37. The molecule has 1 atom stereocenters. The summed E-state index contributed by atoms with van der Waals surface area (Å²) in [5.74, 6) is 0.00665. The highest BCUT2D eigenvalue weighted by molar-refractivity contribution is 7.80. The number of ether oxygens (including phenoxy) is 1. The van der Waals surface area contributed by atoms with Gasteiger partial charge in [-0.2, -0.15) is 0 Å². The number of carbonyl (C=O) groups excluding carboxylic acids is 1. The van der Waals surface area contributed by atoms with Crippen LogP contribution in [0.25, 0.3) is 0 Å². The predicted octanol–water partition coefficient (Wildman–Crippen LogP) is 3.78. The Kier molecular flexibility index (Phi) is 7.03. The van der Waals surface area contributed by atoms with Crippen molar-refractivity contribution in [3.63, 3.8) is 0 Å². The van der Waals surface area contributed by atoms with Gasteiger partial charge in [0.05, 0.1) is 0 Å². The van der Waals surface area contributed by atoms with Crippen LogP contribution in [0.3, 0.4) is 0 Å². The van der Waals surface area contributed by atoms with Gasteiger partial charge >= 0.3 is 0 Å². The van der Waals surface area contributed by atoms with Gasteiger partial charge in [-0.25, -0.2) is 0 Å². The number of rotatable bonds is 9. The summed E-state index contributed by atoms with van der Waals surface area (Å²) in [7, 11) is 4.02. The van der Waals surface area contributed by atoms with E-state index >= 15 is 0 Å². The molecule has 0 radical (unpaired) electrons. The maximum Gasteiger partial charge on any atom is 0.271 e. The third-order valence-electron chi connectivity index (χ3n) is 4.36. The molecule has 4 nitrogen and oxygen atoms in total. The van der Waals surface area contributed by atoms with Crippen LogP contribution in [-0.4, -0.2) is 42.7 Å². The first-order valence-electron chi connectivity index (χ1n) is 8.81. The van der Waals surface area contributed by atoms with Crippen molar-refractivity contribution >= 4 is 29.0 Å². The molecule has 1 aromatic rings. The summed E-state index contributed by atoms with van der Waals surface area (Å²) in [6.07, 6.45) is 5.90. The second-order valence-corrected chi connectivity index (χ2v) is 6.89. The number of unbranched alkanes of at least 4 members (excludes halogenated alkanes) is 4. The van der Waals surface area contributed by atoms with Gasteiger partial charge in [-0.05, 0) is 36.3 Å². The first-order valence-corrected chi connectivity index (χ1v) is 9.22. The summed E-state index contributed by atoms with van der Waals surface area (Å²) >= 11 is 5.24. The van der Waals surface area contributed by atoms with E-state index in [0.29, 0.717) is 18.1 Å². The lowest BCUT2D eigenvalue weighted by Crippen LogP contribution is -2.33. The Morgan fingerprint density at radius 1 is 1.12 bits per heavy atom. The molecule has 24 heavy (non-hydrogen) atoms. The Balaban J connectivity index is 1.86. The molecule has 0 aromatic heterocycles. The van der Waals surface area contributed by atoms with Crippen molar-refractivity contribution in [3.05, 3.63) is 29.8 Å². The van der Waals surface area contributed by atoms with Gasteiger partial charge in [0.15, 0.2) is 6.10 Å². The number of carbonyl (C=O) groups is 1. The van der Waals surface area contributed by atoms with E-state index in [2.05, 4.69) is 24.0 Å². The Morgan fingerprint density at radius 2 is 1.79 bits per heavy atom. The molecule has 1 saturated heterocycles. The second kappa shape index (κ2) is 9.02. The quantitative estimate of drug-likeness (QED) is 0.502. The molecule has 2 rings (SSSR count). The standard InChI is InChI=1S/C19H28N2O2S/c1-4-5-6-7-8-13-21-18(22)17(23-19(21)24)14-15-9-11-16(12-10-15)20(2)3/h9-12,17H,4-8,13-14H2,1-3H3. The van der Waals surface area contributed by atoms with Crippen LogP contribution in [0.15, 0.2) is 24.3 Å². The van der Waals surface area contributed by atoms with Crippen LogP contribution in [0.5, 0.6) is 0 Å². The fourth-order valence-corrected chi connectivity index (χ4v) is 3.15. The highest BCUT2D eigenvalue weighted by Crippen LogP contribution is 2.20. The fourth-order valence-electron chi connectivity index (χ4n) is 2.85. The predicted molar refractivity (Wildman–Crippen MR) is 102 cm³/mol. The minimum absolute atomic E-state index is 0.00665. The van der Waals surface area contributed by atoms with Crippen LogP contribution in [0.1, 0.15) is 44.6 Å². The molecule has 132 valence electrons. The molecule has 5 heteroatoms. The maximum atomic E-state index is 12.5. The van der Waals surface area contributed by atoms with Gasteiger partial charge in [0.25, 0.3) is 11.1 Å². The van der Waals surface area contributed by atoms with Gasteiger partial charge in [0.1, 0.15) is 0 Å². The minimum atomic E-state index is -0.474. The molecule has 0 N–H and O–H groups in total. The summed E-state index contributed by atoms with van der Waals surface area (Å²) < 4.78 is 5.64. The van der Waals surface area contributed by atoms with Crippen LogP contribution >= 0.6 is 12.2 Å². The van der Waals surface area contributed by atoms with Crippen molar-refractivity contribution in [2.24, 2.45) is 0 Å². The molecular weight excluding hydrogens is 320 g/mol. The summed E-state index contributed by atoms with van der Waals surface area (Å²) in [6.45, 7) is 2.88. The van der Waals surface area contributed by atoms with E-state index in [9.17, 15) is 4.79 Å². The SMILES string of the molecule is CCCCCCCN1C(=O)C(Cc2ccc(N(C)C)cc2)OC1=S. The molecule has 0 spiro atoms. The van der Waals surface area contributed by atoms with Crippen molar-refractivity contribution in [3.8, 4) is 0 Å². The van der Waals surface area contributed by atoms with E-state index in [4.69, 9.17) is 17.0 Å². The number of thiocarbonyl (C=S) groups is 1. The van der Waals surface area contributed by atoms with Crippen molar-refractivity contribution in [1.29, 1.82) is 0 Å². The van der Waals surface area contributed by atoms with Crippen LogP contribution in [0.2, 0.25) is 0 Å². The van der Waals surface area contributed by atoms with E-state index in [-0.39, 0.29) is 5.91 Å². The first kappa shape index (κ1) is 18.7. The third kappa shape index (κ3) is 4.94. The normalized spacial score (nSPS) is 17.3. The summed E-state index contributed by atoms with van der Waals surface area (Å²) in [6, 6.07) is 8.20. The Morgan fingerprint density at radius 3 is 2.42 bits per heavy atom. The van der Waals surface area contributed by atoms with Crippen LogP contribution in [0, 0.1) is 0 Å². The Bertz CT molecular complexity index is 557. The summed E-state index contributed by atoms with van der Waals surface area (Å²) in [4.78, 5) is 16.2. The van der Waals surface area contributed by atoms with Gasteiger partial charge in [-0.3, -0.25) is 9.69 Å². The Labute approximate surface area is 150 Å². The number of amides is 1. The Hall–Kier alpha value is -1.62. The lowest BCUT2D eigenvalue weighted by Gasteiger charge is -2.14. The number of hydrogen-bond donors (Lipinski definition) is 0. The monoisotopic (exact) mass is 348 g/mol. The molecule has 1 fully saturated rings. The van der Waals surface area contributed by atoms with Gasteiger partial charge in [-0.15, -0.1) is 0 Å². The zero-order valence-electron chi connectivity index (χ0n) is 15.0. The van der Waals surface area contributed by atoms with E-state index in [1.54, 1.807) is 4.90 Å². The fraction of sp³-hybridized carbons (Fsp3) is 0.579. The van der Waals surface area contributed by atoms with Crippen molar-refractivity contribution in [2.45, 2.75) is 51.6 Å². The van der Waals surface area contributed by atoms with Crippen molar-refractivity contribution in [2.75, 3.05) is 25.5 Å². The molecule has 1 aromatic carbocycles. The van der Waals surface area contributed by atoms with Crippen LogP contribution in [-0.2, 0) is 16.0 Å². The largest absolute Gasteiger partial charge is 0.457 e. The van der Waals surface area contributed by atoms with Gasteiger partial charge in [0, 0.05) is 32.7 Å². The number of nitrogens with zero attached hydrogens (tertiary/aromatic N) is 2. The molecule has 0 aliphatic carbocycles. The molecule has 1 amide bonds. The minimum Gasteiger partial charge on any atom is -0.457 e. The molecule has 0 saturated carbocycles. The van der Waals surface area contributed by atoms with Gasteiger partial charge < -0.3 is 9.64 Å². The lowest BCUT2D eigenvalue weighted by molar-refractivity contribution is -0.129. The topological polar surface area (TPSA) is 32.8 Å². The highest BCUT2D eigenvalue weighted by atomic mass is 32.1.